The highest BCUT2D eigenvalue weighted by molar-refractivity contribution is 4.80. The minimum Gasteiger partial charge on any atom is -0.385 e. The fraction of sp³-hybridized carbons (Fsp3) is 1.00. The fourth-order valence-electron chi connectivity index (χ4n) is 2.79. The van der Waals surface area contributed by atoms with Crippen LogP contribution < -0.4 is 5.32 Å². The van der Waals surface area contributed by atoms with E-state index in [1.807, 2.05) is 0 Å². The molecule has 0 aromatic rings. The lowest BCUT2D eigenvalue weighted by Crippen LogP contribution is -2.45. The van der Waals surface area contributed by atoms with E-state index in [0.717, 1.165) is 45.2 Å². The van der Waals surface area contributed by atoms with Gasteiger partial charge < -0.3 is 19.7 Å². The predicted molar refractivity (Wildman–Crippen MR) is 79.6 cm³/mol. The molecular weight excluding hydrogens is 240 g/mol. The van der Waals surface area contributed by atoms with Gasteiger partial charge in [-0.2, -0.15) is 0 Å². The van der Waals surface area contributed by atoms with Gasteiger partial charge in [0.05, 0.1) is 6.61 Å². The number of hydrogen-bond acceptors (Lipinski definition) is 4. The molecule has 4 heteroatoms. The summed E-state index contributed by atoms with van der Waals surface area (Å²) in [6.07, 6.45) is 3.68. The highest BCUT2D eigenvalue weighted by Crippen LogP contribution is 2.19. The summed E-state index contributed by atoms with van der Waals surface area (Å²) in [5.74, 6) is 0.794. The van der Waals surface area contributed by atoms with E-state index < -0.39 is 0 Å². The summed E-state index contributed by atoms with van der Waals surface area (Å²) in [5.41, 5.74) is 0. The molecule has 0 amide bonds. The van der Waals surface area contributed by atoms with Crippen molar-refractivity contribution in [1.29, 1.82) is 0 Å². The SMILES string of the molecule is CCNC(C)C1CCCN(CCOCCCOC)C1. The molecule has 0 aromatic heterocycles. The van der Waals surface area contributed by atoms with Crippen LogP contribution in [0.2, 0.25) is 0 Å². The molecule has 2 unspecified atom stereocenters. The molecule has 0 bridgehead atoms. The molecule has 0 aliphatic carbocycles. The van der Waals surface area contributed by atoms with E-state index in [1.165, 1.54) is 25.9 Å². The largest absolute Gasteiger partial charge is 0.385 e. The van der Waals surface area contributed by atoms with Crippen molar-refractivity contribution in [2.24, 2.45) is 5.92 Å². The molecule has 4 nitrogen and oxygen atoms in total. The molecule has 1 fully saturated rings. The minimum atomic E-state index is 0.635. The van der Waals surface area contributed by atoms with Gasteiger partial charge in [0, 0.05) is 39.5 Å². The van der Waals surface area contributed by atoms with Gasteiger partial charge in [0.25, 0.3) is 0 Å². The third-order valence-corrected chi connectivity index (χ3v) is 3.96. The monoisotopic (exact) mass is 272 g/mol. The van der Waals surface area contributed by atoms with Gasteiger partial charge >= 0.3 is 0 Å². The van der Waals surface area contributed by atoms with Gasteiger partial charge in [0.2, 0.25) is 0 Å². The van der Waals surface area contributed by atoms with Crippen LogP contribution in [0.5, 0.6) is 0 Å². The van der Waals surface area contributed by atoms with Gasteiger partial charge in [-0.25, -0.2) is 0 Å². The molecule has 0 aromatic carbocycles. The van der Waals surface area contributed by atoms with E-state index in [2.05, 4.69) is 24.1 Å². The van der Waals surface area contributed by atoms with Crippen LogP contribution in [-0.4, -0.2) is 64.1 Å². The van der Waals surface area contributed by atoms with E-state index >= 15 is 0 Å². The van der Waals surface area contributed by atoms with Gasteiger partial charge in [-0.15, -0.1) is 0 Å². The van der Waals surface area contributed by atoms with Crippen molar-refractivity contribution in [2.45, 2.75) is 39.2 Å². The Morgan fingerprint density at radius 3 is 2.89 bits per heavy atom. The average Bonchev–Trinajstić information content (AvgIpc) is 2.43. The summed E-state index contributed by atoms with van der Waals surface area (Å²) in [6, 6.07) is 0.635. The molecule has 1 heterocycles. The number of nitrogens with zero attached hydrogens (tertiary/aromatic N) is 1. The van der Waals surface area contributed by atoms with E-state index in [0.29, 0.717) is 6.04 Å². The maximum absolute atomic E-state index is 5.64. The Morgan fingerprint density at radius 2 is 2.16 bits per heavy atom. The lowest BCUT2D eigenvalue weighted by Gasteiger charge is -2.36. The van der Waals surface area contributed by atoms with Gasteiger partial charge in [0.15, 0.2) is 0 Å². The quantitative estimate of drug-likeness (QED) is 0.614. The number of nitrogens with one attached hydrogen (secondary N) is 1. The fourth-order valence-corrected chi connectivity index (χ4v) is 2.79. The Kier molecular flexibility index (Phi) is 9.43. The van der Waals surface area contributed by atoms with E-state index in [-0.39, 0.29) is 0 Å². The third-order valence-electron chi connectivity index (χ3n) is 3.96. The van der Waals surface area contributed by atoms with Gasteiger partial charge in [-0.05, 0) is 45.2 Å². The zero-order chi connectivity index (χ0) is 13.9. The summed E-state index contributed by atoms with van der Waals surface area (Å²) in [4.78, 5) is 2.55. The Labute approximate surface area is 118 Å². The molecule has 1 saturated heterocycles. The molecule has 2 atom stereocenters. The van der Waals surface area contributed by atoms with Crippen LogP contribution in [0.1, 0.15) is 33.1 Å². The van der Waals surface area contributed by atoms with Crippen molar-refractivity contribution in [1.82, 2.24) is 10.2 Å². The second-order valence-electron chi connectivity index (χ2n) is 5.51. The highest BCUT2D eigenvalue weighted by Gasteiger charge is 2.23. The molecule has 0 saturated carbocycles. The lowest BCUT2D eigenvalue weighted by atomic mass is 9.91. The Morgan fingerprint density at radius 1 is 1.32 bits per heavy atom. The standard InChI is InChI=1S/C15H32N2O2/c1-4-16-14(2)15-7-5-8-17(13-15)9-12-19-11-6-10-18-3/h14-16H,4-13H2,1-3H3. The first-order chi connectivity index (χ1) is 9.27. The van der Waals surface area contributed by atoms with Gasteiger partial charge in [0.1, 0.15) is 0 Å². The molecule has 19 heavy (non-hydrogen) atoms. The number of likely N-dealkylation sites (tertiary alicyclic amines) is 1. The second kappa shape index (κ2) is 10.6. The van der Waals surface area contributed by atoms with Crippen LogP contribution in [0.15, 0.2) is 0 Å². The molecule has 0 radical (unpaired) electrons. The van der Waals surface area contributed by atoms with Crippen LogP contribution in [0, 0.1) is 5.92 Å². The topological polar surface area (TPSA) is 33.7 Å². The first-order valence-electron chi connectivity index (χ1n) is 7.80. The molecule has 1 aliphatic rings. The van der Waals surface area contributed by atoms with Crippen molar-refractivity contribution in [3.63, 3.8) is 0 Å². The smallest absolute Gasteiger partial charge is 0.0593 e. The number of ether oxygens (including phenoxy) is 2. The van der Waals surface area contributed by atoms with Crippen molar-refractivity contribution in [3.05, 3.63) is 0 Å². The molecule has 0 spiro atoms. The van der Waals surface area contributed by atoms with Crippen molar-refractivity contribution in [2.75, 3.05) is 53.1 Å². The Hall–Kier alpha value is -0.160. The molecule has 1 aliphatic heterocycles. The third kappa shape index (κ3) is 7.25. The number of piperidine rings is 1. The summed E-state index contributed by atoms with van der Waals surface area (Å²) in [7, 11) is 1.74. The minimum absolute atomic E-state index is 0.635. The number of hydrogen-bond donors (Lipinski definition) is 1. The van der Waals surface area contributed by atoms with E-state index in [4.69, 9.17) is 9.47 Å². The lowest BCUT2D eigenvalue weighted by molar-refractivity contribution is 0.0675. The Bertz CT molecular complexity index is 214. The molecule has 114 valence electrons. The summed E-state index contributed by atoms with van der Waals surface area (Å²) >= 11 is 0. The zero-order valence-electron chi connectivity index (χ0n) is 13.0. The normalized spacial score (nSPS) is 22.6. The van der Waals surface area contributed by atoms with Crippen LogP contribution in [0.3, 0.4) is 0 Å². The number of rotatable bonds is 10. The average molecular weight is 272 g/mol. The Balaban J connectivity index is 2.09. The maximum atomic E-state index is 5.64. The molecule has 1 N–H and O–H groups in total. The summed E-state index contributed by atoms with van der Waals surface area (Å²) < 4.78 is 10.6. The van der Waals surface area contributed by atoms with Gasteiger partial charge in [-0.1, -0.05) is 6.92 Å². The number of methoxy groups -OCH3 is 1. The zero-order valence-corrected chi connectivity index (χ0v) is 13.0. The summed E-state index contributed by atoms with van der Waals surface area (Å²) in [6.45, 7) is 11.6. The van der Waals surface area contributed by atoms with Crippen LogP contribution in [0.25, 0.3) is 0 Å². The first kappa shape index (κ1) is 16.9. The predicted octanol–water partition coefficient (Wildman–Crippen LogP) is 1.75. The van der Waals surface area contributed by atoms with Crippen molar-refractivity contribution >= 4 is 0 Å². The first-order valence-corrected chi connectivity index (χ1v) is 7.80. The van der Waals surface area contributed by atoms with E-state index in [1.54, 1.807) is 7.11 Å². The van der Waals surface area contributed by atoms with E-state index in [9.17, 15) is 0 Å². The highest BCUT2D eigenvalue weighted by atomic mass is 16.5. The van der Waals surface area contributed by atoms with Crippen LogP contribution >= 0.6 is 0 Å². The van der Waals surface area contributed by atoms with Crippen molar-refractivity contribution < 1.29 is 9.47 Å². The van der Waals surface area contributed by atoms with Crippen LogP contribution in [0.4, 0.5) is 0 Å². The molecule has 1 rings (SSSR count). The van der Waals surface area contributed by atoms with Crippen molar-refractivity contribution in [3.8, 4) is 0 Å². The second-order valence-corrected chi connectivity index (χ2v) is 5.51. The maximum Gasteiger partial charge on any atom is 0.0593 e. The summed E-state index contributed by atoms with van der Waals surface area (Å²) in [5, 5.41) is 3.55. The molecular formula is C15H32N2O2. The van der Waals surface area contributed by atoms with Gasteiger partial charge in [-0.3, -0.25) is 0 Å². The van der Waals surface area contributed by atoms with Crippen LogP contribution in [-0.2, 0) is 9.47 Å².